The van der Waals surface area contributed by atoms with Gasteiger partial charge in [0.15, 0.2) is 5.76 Å². The number of ether oxygens (including phenoxy) is 1. The van der Waals surface area contributed by atoms with Crippen molar-refractivity contribution in [3.8, 4) is 0 Å². The van der Waals surface area contributed by atoms with Crippen molar-refractivity contribution in [2.45, 2.75) is 12.8 Å². The van der Waals surface area contributed by atoms with Crippen molar-refractivity contribution in [2.24, 2.45) is 0 Å². The van der Waals surface area contributed by atoms with Crippen LogP contribution in [-0.2, 0) is 14.4 Å². The van der Waals surface area contributed by atoms with E-state index < -0.39 is 0 Å². The molecule has 0 radical (unpaired) electrons. The molecule has 1 heterocycles. The molecule has 0 aliphatic carbocycles. The lowest BCUT2D eigenvalue weighted by atomic mass is 10.3. The van der Waals surface area contributed by atoms with Gasteiger partial charge in [0.1, 0.15) is 0 Å². The molecular weight excluding hydrogens is 252 g/mol. The molecule has 7 heteroatoms. The van der Waals surface area contributed by atoms with E-state index in [2.05, 4.69) is 10.8 Å². The quantitative estimate of drug-likeness (QED) is 0.503. The summed E-state index contributed by atoms with van der Waals surface area (Å²) < 4.78 is 9.68. The maximum Gasteiger partial charge on any atom is 0.286 e. The van der Waals surface area contributed by atoms with Crippen molar-refractivity contribution in [1.29, 1.82) is 0 Å². The third-order valence-electron chi connectivity index (χ3n) is 2.19. The zero-order valence-electron chi connectivity index (χ0n) is 10.8. The molecule has 0 unspecified atom stereocenters. The molecule has 0 aliphatic rings. The van der Waals surface area contributed by atoms with Crippen LogP contribution in [0.1, 0.15) is 23.4 Å². The Kier molecular flexibility index (Phi) is 7.30. The highest BCUT2D eigenvalue weighted by Gasteiger charge is 2.07. The summed E-state index contributed by atoms with van der Waals surface area (Å²) >= 11 is 0. The highest BCUT2D eigenvalue weighted by molar-refractivity contribution is 5.91. The van der Waals surface area contributed by atoms with Crippen LogP contribution >= 0.6 is 0 Å². The second-order valence-corrected chi connectivity index (χ2v) is 3.70. The average molecular weight is 270 g/mol. The maximum absolute atomic E-state index is 11.5. The Morgan fingerprint density at radius 1 is 1.37 bits per heavy atom. The SMILES string of the molecule is COCCONC(=O)CCCNC(=O)c1ccco1. The van der Waals surface area contributed by atoms with E-state index in [-0.39, 0.29) is 24.0 Å². The predicted molar refractivity (Wildman–Crippen MR) is 66.2 cm³/mol. The second-order valence-electron chi connectivity index (χ2n) is 3.70. The molecule has 0 aromatic carbocycles. The van der Waals surface area contributed by atoms with Crippen LogP contribution in [0.2, 0.25) is 0 Å². The van der Waals surface area contributed by atoms with Gasteiger partial charge in [-0.1, -0.05) is 0 Å². The van der Waals surface area contributed by atoms with Gasteiger partial charge >= 0.3 is 0 Å². The van der Waals surface area contributed by atoms with Gasteiger partial charge < -0.3 is 14.5 Å². The summed E-state index contributed by atoms with van der Waals surface area (Å²) in [4.78, 5) is 27.6. The molecule has 2 N–H and O–H groups in total. The zero-order valence-corrected chi connectivity index (χ0v) is 10.8. The Bertz CT molecular complexity index is 377. The molecule has 0 spiro atoms. The van der Waals surface area contributed by atoms with E-state index >= 15 is 0 Å². The first-order chi connectivity index (χ1) is 9.24. The first-order valence-corrected chi connectivity index (χ1v) is 5.95. The highest BCUT2D eigenvalue weighted by Crippen LogP contribution is 1.99. The average Bonchev–Trinajstić information content (AvgIpc) is 2.93. The highest BCUT2D eigenvalue weighted by atomic mass is 16.7. The lowest BCUT2D eigenvalue weighted by molar-refractivity contribution is -0.134. The number of hydroxylamine groups is 1. The molecule has 0 saturated carbocycles. The van der Waals surface area contributed by atoms with E-state index in [0.29, 0.717) is 26.2 Å². The fourth-order valence-electron chi connectivity index (χ4n) is 1.25. The number of methoxy groups -OCH3 is 1. The van der Waals surface area contributed by atoms with Crippen LogP contribution in [0.4, 0.5) is 0 Å². The molecule has 19 heavy (non-hydrogen) atoms. The van der Waals surface area contributed by atoms with Gasteiger partial charge in [0.2, 0.25) is 5.91 Å². The van der Waals surface area contributed by atoms with Crippen LogP contribution in [0.25, 0.3) is 0 Å². The van der Waals surface area contributed by atoms with Gasteiger partial charge in [0.05, 0.1) is 19.5 Å². The molecule has 0 atom stereocenters. The van der Waals surface area contributed by atoms with E-state index in [1.807, 2.05) is 0 Å². The Morgan fingerprint density at radius 3 is 2.89 bits per heavy atom. The Morgan fingerprint density at radius 2 is 2.21 bits per heavy atom. The predicted octanol–water partition coefficient (Wildman–Crippen LogP) is 0.484. The summed E-state index contributed by atoms with van der Waals surface area (Å²) in [6.07, 6.45) is 2.22. The van der Waals surface area contributed by atoms with Gasteiger partial charge in [-0.3, -0.25) is 14.4 Å². The minimum Gasteiger partial charge on any atom is -0.459 e. The van der Waals surface area contributed by atoms with Crippen LogP contribution in [-0.4, -0.2) is 38.7 Å². The third kappa shape index (κ3) is 6.58. The van der Waals surface area contributed by atoms with Crippen LogP contribution in [0.3, 0.4) is 0 Å². The monoisotopic (exact) mass is 270 g/mol. The summed E-state index contributed by atoms with van der Waals surface area (Å²) in [5, 5.41) is 2.64. The Balaban J connectivity index is 2.01. The van der Waals surface area contributed by atoms with Gasteiger partial charge in [-0.15, -0.1) is 0 Å². The van der Waals surface area contributed by atoms with Crippen LogP contribution in [0.15, 0.2) is 22.8 Å². The van der Waals surface area contributed by atoms with Crippen molar-refractivity contribution in [2.75, 3.05) is 26.9 Å². The largest absolute Gasteiger partial charge is 0.459 e. The van der Waals surface area contributed by atoms with Crippen molar-refractivity contribution < 1.29 is 23.6 Å². The molecule has 2 amide bonds. The molecule has 7 nitrogen and oxygen atoms in total. The molecule has 0 aliphatic heterocycles. The molecule has 106 valence electrons. The lowest BCUT2D eigenvalue weighted by Crippen LogP contribution is -2.28. The molecule has 0 saturated heterocycles. The third-order valence-corrected chi connectivity index (χ3v) is 2.19. The lowest BCUT2D eigenvalue weighted by Gasteiger charge is -2.05. The first-order valence-electron chi connectivity index (χ1n) is 5.95. The van der Waals surface area contributed by atoms with E-state index in [1.54, 1.807) is 19.2 Å². The summed E-state index contributed by atoms with van der Waals surface area (Å²) in [7, 11) is 1.55. The van der Waals surface area contributed by atoms with Gasteiger partial charge in [0.25, 0.3) is 5.91 Å². The molecule has 0 bridgehead atoms. The van der Waals surface area contributed by atoms with Gasteiger partial charge in [-0.2, -0.15) is 0 Å². The van der Waals surface area contributed by atoms with E-state index in [4.69, 9.17) is 14.0 Å². The molecule has 0 fully saturated rings. The number of rotatable bonds is 9. The van der Waals surface area contributed by atoms with Crippen LogP contribution in [0.5, 0.6) is 0 Å². The van der Waals surface area contributed by atoms with Crippen molar-refractivity contribution in [1.82, 2.24) is 10.8 Å². The first kappa shape index (κ1) is 15.2. The fourth-order valence-corrected chi connectivity index (χ4v) is 1.25. The second kappa shape index (κ2) is 9.12. The van der Waals surface area contributed by atoms with Crippen molar-refractivity contribution in [3.05, 3.63) is 24.2 Å². The summed E-state index contributed by atoms with van der Waals surface area (Å²) in [5.74, 6) is -0.266. The molecule has 1 aromatic heterocycles. The van der Waals surface area contributed by atoms with Gasteiger partial charge in [0, 0.05) is 20.1 Å². The number of carbonyl (C=O) groups is 2. The number of hydrogen-bond donors (Lipinski definition) is 2. The van der Waals surface area contributed by atoms with E-state index in [1.165, 1.54) is 6.26 Å². The Labute approximate surface area is 111 Å². The van der Waals surface area contributed by atoms with Crippen molar-refractivity contribution in [3.63, 3.8) is 0 Å². The molecule has 1 rings (SSSR count). The fraction of sp³-hybridized carbons (Fsp3) is 0.500. The topological polar surface area (TPSA) is 89.8 Å². The number of carbonyl (C=O) groups excluding carboxylic acids is 2. The number of nitrogens with one attached hydrogen (secondary N) is 2. The number of amides is 2. The molecule has 1 aromatic rings. The smallest absolute Gasteiger partial charge is 0.286 e. The normalized spacial score (nSPS) is 10.2. The van der Waals surface area contributed by atoms with Gasteiger partial charge in [-0.05, 0) is 18.6 Å². The van der Waals surface area contributed by atoms with Crippen LogP contribution < -0.4 is 10.8 Å². The standard InChI is InChI=1S/C12H18N2O5/c1-17-8-9-19-14-11(15)5-2-6-13-12(16)10-4-3-7-18-10/h3-4,7H,2,5-6,8-9H2,1H3,(H,13,16)(H,14,15). The maximum atomic E-state index is 11.5. The Hall–Kier alpha value is -1.86. The van der Waals surface area contributed by atoms with Gasteiger partial charge in [-0.25, -0.2) is 5.48 Å². The van der Waals surface area contributed by atoms with Crippen molar-refractivity contribution >= 4 is 11.8 Å². The summed E-state index contributed by atoms with van der Waals surface area (Å²) in [6, 6.07) is 3.21. The number of furan rings is 1. The van der Waals surface area contributed by atoms with Crippen LogP contribution in [0, 0.1) is 0 Å². The minimum atomic E-state index is -0.290. The van der Waals surface area contributed by atoms with E-state index in [0.717, 1.165) is 0 Å². The van der Waals surface area contributed by atoms with E-state index in [9.17, 15) is 9.59 Å². The summed E-state index contributed by atoms with van der Waals surface area (Å²) in [5.41, 5.74) is 2.28. The zero-order chi connectivity index (χ0) is 13.9. The number of hydrogen-bond acceptors (Lipinski definition) is 5. The molecular formula is C12H18N2O5. The summed E-state index contributed by atoms with van der Waals surface area (Å²) in [6.45, 7) is 1.11. The minimum absolute atomic E-state index is 0.233.